The molecule has 1 amide bonds. The molecule has 1 atom stereocenters. The first-order valence-corrected chi connectivity index (χ1v) is 10.1. The third-order valence-electron chi connectivity index (χ3n) is 5.08. The summed E-state index contributed by atoms with van der Waals surface area (Å²) in [6.45, 7) is 5.65. The molecule has 0 bridgehead atoms. The van der Waals surface area contributed by atoms with E-state index >= 15 is 0 Å². The van der Waals surface area contributed by atoms with Gasteiger partial charge in [-0.25, -0.2) is 0 Å². The van der Waals surface area contributed by atoms with E-state index in [1.807, 2.05) is 60.4 Å². The number of benzene rings is 2. The first-order valence-electron chi connectivity index (χ1n) is 10.1. The number of para-hydroxylation sites is 1. The first kappa shape index (κ1) is 19.3. The van der Waals surface area contributed by atoms with Crippen LogP contribution in [0.5, 0.6) is 5.75 Å². The van der Waals surface area contributed by atoms with E-state index in [9.17, 15) is 4.79 Å². The predicted molar refractivity (Wildman–Crippen MR) is 110 cm³/mol. The number of fused-ring (bicyclic) bond motifs is 1. The van der Waals surface area contributed by atoms with Crippen LogP contribution in [0.1, 0.15) is 68.0 Å². The van der Waals surface area contributed by atoms with Crippen LogP contribution in [-0.4, -0.2) is 24.0 Å². The zero-order chi connectivity index (χ0) is 19.1. The van der Waals surface area contributed by atoms with Crippen LogP contribution in [-0.2, 0) is 0 Å². The number of hydrogen-bond donors (Lipinski definition) is 1. The van der Waals surface area contributed by atoms with Gasteiger partial charge in [0.2, 0.25) is 0 Å². The summed E-state index contributed by atoms with van der Waals surface area (Å²) < 4.78 is 5.86. The molecule has 1 N–H and O–H groups in total. The number of carbonyl (C=O) groups is 1. The fourth-order valence-corrected chi connectivity index (χ4v) is 3.52. The number of hydrogen-bond acceptors (Lipinski definition) is 3. The van der Waals surface area contributed by atoms with Crippen molar-refractivity contribution in [1.82, 2.24) is 4.90 Å². The summed E-state index contributed by atoms with van der Waals surface area (Å²) >= 11 is 0. The molecule has 0 saturated heterocycles. The zero-order valence-corrected chi connectivity index (χ0v) is 16.4. The number of unbranched alkanes of at least 4 members (excludes halogenated alkanes) is 4. The Kier molecular flexibility index (Phi) is 6.74. The highest BCUT2D eigenvalue weighted by molar-refractivity contribution is 6.01. The van der Waals surface area contributed by atoms with E-state index in [1.165, 1.54) is 25.7 Å². The van der Waals surface area contributed by atoms with Crippen LogP contribution in [0, 0.1) is 0 Å². The van der Waals surface area contributed by atoms with Gasteiger partial charge < -0.3 is 15.0 Å². The average Bonchev–Trinajstić information content (AvgIpc) is 2.71. The Morgan fingerprint density at radius 3 is 2.44 bits per heavy atom. The van der Waals surface area contributed by atoms with Crippen molar-refractivity contribution in [3.8, 4) is 5.75 Å². The van der Waals surface area contributed by atoms with Crippen LogP contribution in [0.2, 0.25) is 0 Å². The lowest BCUT2D eigenvalue weighted by Gasteiger charge is -2.37. The van der Waals surface area contributed by atoms with Crippen LogP contribution >= 0.6 is 0 Å². The van der Waals surface area contributed by atoms with Gasteiger partial charge >= 0.3 is 0 Å². The van der Waals surface area contributed by atoms with Crippen molar-refractivity contribution >= 4 is 11.6 Å². The van der Waals surface area contributed by atoms with Gasteiger partial charge in [0.15, 0.2) is 0 Å². The minimum Gasteiger partial charge on any atom is -0.494 e. The Balaban J connectivity index is 1.63. The molecule has 2 aromatic carbocycles. The molecule has 144 valence electrons. The number of amides is 1. The average molecular weight is 367 g/mol. The summed E-state index contributed by atoms with van der Waals surface area (Å²) in [4.78, 5) is 14.7. The molecule has 0 saturated carbocycles. The second-order valence-corrected chi connectivity index (χ2v) is 7.02. The maximum Gasteiger partial charge on any atom is 0.257 e. The molecular weight excluding hydrogens is 336 g/mol. The van der Waals surface area contributed by atoms with Gasteiger partial charge in [-0.2, -0.15) is 0 Å². The fraction of sp³-hybridized carbons (Fsp3) is 0.435. The van der Waals surface area contributed by atoms with Crippen molar-refractivity contribution in [3.05, 3.63) is 59.7 Å². The monoisotopic (exact) mass is 366 g/mol. The third kappa shape index (κ3) is 4.62. The molecule has 0 fully saturated rings. The Hall–Kier alpha value is -2.49. The molecule has 0 aliphatic carbocycles. The molecule has 27 heavy (non-hydrogen) atoms. The second kappa shape index (κ2) is 9.45. The third-order valence-corrected chi connectivity index (χ3v) is 5.08. The summed E-state index contributed by atoms with van der Waals surface area (Å²) in [5.74, 6) is 0.962. The molecule has 1 heterocycles. The van der Waals surface area contributed by atoms with E-state index in [2.05, 4.69) is 12.2 Å². The molecule has 1 aliphatic heterocycles. The lowest BCUT2D eigenvalue weighted by Crippen LogP contribution is -2.42. The van der Waals surface area contributed by atoms with Crippen molar-refractivity contribution in [3.63, 3.8) is 0 Å². The summed E-state index contributed by atoms with van der Waals surface area (Å²) in [6, 6.07) is 15.8. The van der Waals surface area contributed by atoms with Gasteiger partial charge in [-0.05, 0) is 43.2 Å². The van der Waals surface area contributed by atoms with Crippen LogP contribution in [0.25, 0.3) is 0 Å². The van der Waals surface area contributed by atoms with Crippen LogP contribution in [0.3, 0.4) is 0 Å². The largest absolute Gasteiger partial charge is 0.494 e. The van der Waals surface area contributed by atoms with Crippen molar-refractivity contribution in [1.29, 1.82) is 0 Å². The van der Waals surface area contributed by atoms with Gasteiger partial charge in [0.05, 0.1) is 12.2 Å². The number of ether oxygens (including phenoxy) is 1. The maximum atomic E-state index is 12.8. The SMILES string of the molecule is CCCCCCCOc1ccc(C2Nc3ccccc3C(=O)N2CC)cc1. The highest BCUT2D eigenvalue weighted by Crippen LogP contribution is 2.33. The van der Waals surface area contributed by atoms with E-state index in [1.54, 1.807) is 0 Å². The number of anilines is 1. The van der Waals surface area contributed by atoms with Gasteiger partial charge in [-0.3, -0.25) is 4.79 Å². The van der Waals surface area contributed by atoms with Gasteiger partial charge in [0.1, 0.15) is 11.9 Å². The summed E-state index contributed by atoms with van der Waals surface area (Å²) in [6.07, 6.45) is 6.03. The molecule has 0 spiro atoms. The summed E-state index contributed by atoms with van der Waals surface area (Å²) in [7, 11) is 0. The first-order chi connectivity index (χ1) is 13.2. The highest BCUT2D eigenvalue weighted by atomic mass is 16.5. The Bertz CT molecular complexity index is 742. The van der Waals surface area contributed by atoms with Gasteiger partial charge in [-0.15, -0.1) is 0 Å². The zero-order valence-electron chi connectivity index (χ0n) is 16.4. The van der Waals surface area contributed by atoms with Gasteiger partial charge in [0.25, 0.3) is 5.91 Å². The Morgan fingerprint density at radius 1 is 0.963 bits per heavy atom. The Labute approximate surface area is 162 Å². The molecule has 1 aliphatic rings. The normalized spacial score (nSPS) is 16.0. The Morgan fingerprint density at radius 2 is 1.70 bits per heavy atom. The van der Waals surface area contributed by atoms with Crippen LogP contribution in [0.4, 0.5) is 5.69 Å². The molecule has 0 radical (unpaired) electrons. The minimum absolute atomic E-state index is 0.0734. The van der Waals surface area contributed by atoms with Crippen molar-refractivity contribution < 1.29 is 9.53 Å². The molecule has 0 aromatic heterocycles. The number of nitrogens with one attached hydrogen (secondary N) is 1. The fourth-order valence-electron chi connectivity index (χ4n) is 3.52. The standard InChI is InChI=1S/C23H30N2O2/c1-3-5-6-7-10-17-27-19-15-13-18(14-16-19)22-24-21-12-9-8-11-20(21)23(26)25(22)4-2/h8-9,11-16,22,24H,3-7,10,17H2,1-2H3. The number of rotatable bonds is 9. The maximum absolute atomic E-state index is 12.8. The minimum atomic E-state index is -0.152. The van der Waals surface area contributed by atoms with E-state index < -0.39 is 0 Å². The number of carbonyl (C=O) groups excluding carboxylic acids is 1. The molecular formula is C23H30N2O2. The van der Waals surface area contributed by atoms with Crippen LogP contribution in [0.15, 0.2) is 48.5 Å². The van der Waals surface area contributed by atoms with E-state index in [4.69, 9.17) is 4.74 Å². The van der Waals surface area contributed by atoms with E-state index in [-0.39, 0.29) is 12.1 Å². The highest BCUT2D eigenvalue weighted by Gasteiger charge is 2.31. The van der Waals surface area contributed by atoms with Gasteiger partial charge in [-0.1, -0.05) is 56.9 Å². The summed E-state index contributed by atoms with van der Waals surface area (Å²) in [5.41, 5.74) is 2.69. The number of nitrogens with zero attached hydrogens (tertiary/aromatic N) is 1. The van der Waals surface area contributed by atoms with Crippen LogP contribution < -0.4 is 10.1 Å². The molecule has 4 heteroatoms. The van der Waals surface area contributed by atoms with Crippen molar-refractivity contribution in [2.75, 3.05) is 18.5 Å². The molecule has 1 unspecified atom stereocenters. The van der Waals surface area contributed by atoms with Gasteiger partial charge in [0, 0.05) is 12.2 Å². The second-order valence-electron chi connectivity index (χ2n) is 7.02. The summed E-state index contributed by atoms with van der Waals surface area (Å²) in [5, 5.41) is 3.50. The van der Waals surface area contributed by atoms with Crippen molar-refractivity contribution in [2.24, 2.45) is 0 Å². The smallest absolute Gasteiger partial charge is 0.257 e. The van der Waals surface area contributed by atoms with E-state index in [0.29, 0.717) is 6.54 Å². The predicted octanol–water partition coefficient (Wildman–Crippen LogP) is 5.62. The lowest BCUT2D eigenvalue weighted by atomic mass is 10.0. The lowest BCUT2D eigenvalue weighted by molar-refractivity contribution is 0.0695. The molecule has 4 nitrogen and oxygen atoms in total. The molecule has 3 rings (SSSR count). The quantitative estimate of drug-likeness (QED) is 0.585. The van der Waals surface area contributed by atoms with Crippen molar-refractivity contribution in [2.45, 2.75) is 52.1 Å². The topological polar surface area (TPSA) is 41.6 Å². The van der Waals surface area contributed by atoms with E-state index in [0.717, 1.165) is 35.6 Å². The molecule has 2 aromatic rings.